The number of hydrogen-bond acceptors (Lipinski definition) is 4. The fourth-order valence-corrected chi connectivity index (χ4v) is 2.04. The molecule has 0 aliphatic rings. The molecule has 0 aliphatic heterocycles. The molecule has 0 spiro atoms. The van der Waals surface area contributed by atoms with Gasteiger partial charge in [-0.3, -0.25) is 4.79 Å². The Morgan fingerprint density at radius 3 is 2.24 bits per heavy atom. The van der Waals surface area contributed by atoms with Gasteiger partial charge < -0.3 is 4.74 Å². The molecule has 4 nitrogen and oxygen atoms in total. The smallest absolute Gasteiger partial charge is 0.313 e. The molecule has 1 atom stereocenters. The van der Waals surface area contributed by atoms with Crippen LogP contribution in [0.1, 0.15) is 25.3 Å². The van der Waals surface area contributed by atoms with E-state index in [1.54, 1.807) is 26.0 Å². The van der Waals surface area contributed by atoms with E-state index in [1.165, 1.54) is 12.1 Å². The third kappa shape index (κ3) is 3.56. The molecule has 0 bridgehead atoms. The summed E-state index contributed by atoms with van der Waals surface area (Å²) >= 11 is 0. The van der Waals surface area contributed by atoms with Crippen LogP contribution in [0.5, 0.6) is 0 Å². The molecule has 0 heterocycles. The molecule has 5 heteroatoms. The number of hydrogen-bond donors (Lipinski definition) is 0. The van der Waals surface area contributed by atoms with Gasteiger partial charge in [-0.1, -0.05) is 12.1 Å². The molecule has 0 amide bonds. The average molecular weight is 256 g/mol. The van der Waals surface area contributed by atoms with Gasteiger partial charge in [0.2, 0.25) is 0 Å². The average Bonchev–Trinajstić information content (AvgIpc) is 2.27. The highest BCUT2D eigenvalue weighted by Gasteiger charge is 2.16. The lowest BCUT2D eigenvalue weighted by Gasteiger charge is -2.11. The van der Waals surface area contributed by atoms with E-state index in [0.29, 0.717) is 6.61 Å². The van der Waals surface area contributed by atoms with Gasteiger partial charge in [-0.15, -0.1) is 0 Å². The second-order valence-corrected chi connectivity index (χ2v) is 5.83. The molecular formula is C12H16O4S. The van der Waals surface area contributed by atoms with Crippen molar-refractivity contribution in [2.24, 2.45) is 0 Å². The Labute approximate surface area is 102 Å². The fraction of sp³-hybridized carbons (Fsp3) is 0.417. The number of benzene rings is 1. The summed E-state index contributed by atoms with van der Waals surface area (Å²) in [6.45, 7) is 3.81. The van der Waals surface area contributed by atoms with Crippen LogP contribution in [0.15, 0.2) is 29.2 Å². The van der Waals surface area contributed by atoms with Crippen molar-refractivity contribution in [2.45, 2.75) is 24.7 Å². The number of esters is 1. The molecule has 1 aromatic carbocycles. The van der Waals surface area contributed by atoms with E-state index in [4.69, 9.17) is 4.74 Å². The number of sulfone groups is 1. The predicted molar refractivity (Wildman–Crippen MR) is 64.6 cm³/mol. The molecule has 0 aliphatic carbocycles. The second kappa shape index (κ2) is 5.31. The topological polar surface area (TPSA) is 60.4 Å². The first kappa shape index (κ1) is 13.7. The highest BCUT2D eigenvalue weighted by Crippen LogP contribution is 2.19. The molecule has 0 saturated heterocycles. The van der Waals surface area contributed by atoms with Gasteiger partial charge in [0.25, 0.3) is 0 Å². The minimum absolute atomic E-state index is 0.248. The molecule has 0 saturated carbocycles. The summed E-state index contributed by atoms with van der Waals surface area (Å²) in [4.78, 5) is 11.7. The van der Waals surface area contributed by atoms with Crippen LogP contribution >= 0.6 is 0 Å². The molecule has 1 rings (SSSR count). The third-order valence-electron chi connectivity index (χ3n) is 2.45. The lowest BCUT2D eigenvalue weighted by atomic mass is 10.0. The van der Waals surface area contributed by atoms with Gasteiger partial charge in [-0.2, -0.15) is 0 Å². The summed E-state index contributed by atoms with van der Waals surface area (Å²) in [5, 5.41) is 0. The van der Waals surface area contributed by atoms with Crippen molar-refractivity contribution in [3.63, 3.8) is 0 Å². The Kier molecular flexibility index (Phi) is 4.28. The van der Waals surface area contributed by atoms with E-state index in [1.807, 2.05) is 0 Å². The van der Waals surface area contributed by atoms with Crippen LogP contribution in [0, 0.1) is 0 Å². The minimum atomic E-state index is -3.19. The molecule has 0 N–H and O–H groups in total. The van der Waals surface area contributed by atoms with E-state index in [9.17, 15) is 13.2 Å². The lowest BCUT2D eigenvalue weighted by Crippen LogP contribution is -2.13. The zero-order valence-corrected chi connectivity index (χ0v) is 11.0. The number of ether oxygens (including phenoxy) is 1. The molecule has 0 radical (unpaired) electrons. The molecule has 1 unspecified atom stereocenters. The maximum absolute atomic E-state index is 11.5. The monoisotopic (exact) mass is 256 g/mol. The van der Waals surface area contributed by atoms with E-state index < -0.39 is 9.84 Å². The van der Waals surface area contributed by atoms with Crippen LogP contribution in [0.4, 0.5) is 0 Å². The number of carbonyl (C=O) groups is 1. The number of carbonyl (C=O) groups excluding carboxylic acids is 1. The Bertz CT molecular complexity index is 488. The van der Waals surface area contributed by atoms with Crippen LogP contribution < -0.4 is 0 Å². The zero-order valence-electron chi connectivity index (χ0n) is 10.1. The summed E-state index contributed by atoms with van der Waals surface area (Å²) in [5.74, 6) is -0.692. The van der Waals surface area contributed by atoms with Gasteiger partial charge in [0.1, 0.15) is 0 Å². The van der Waals surface area contributed by atoms with Crippen LogP contribution in [-0.4, -0.2) is 27.2 Å². The van der Waals surface area contributed by atoms with E-state index in [2.05, 4.69) is 0 Å². The molecule has 0 fully saturated rings. The quantitative estimate of drug-likeness (QED) is 0.770. The largest absolute Gasteiger partial charge is 0.466 e. The van der Waals surface area contributed by atoms with Gasteiger partial charge in [-0.25, -0.2) is 8.42 Å². The maximum atomic E-state index is 11.5. The van der Waals surface area contributed by atoms with E-state index in [0.717, 1.165) is 11.8 Å². The van der Waals surface area contributed by atoms with Crippen molar-refractivity contribution in [1.82, 2.24) is 0 Å². The summed E-state index contributed by atoms with van der Waals surface area (Å²) in [6.07, 6.45) is 1.15. The van der Waals surface area contributed by atoms with Crippen LogP contribution in [0.3, 0.4) is 0 Å². The molecular weight excluding hydrogens is 240 g/mol. The van der Waals surface area contributed by atoms with Gasteiger partial charge in [-0.05, 0) is 31.5 Å². The SMILES string of the molecule is CCOC(=O)C(C)c1ccc(S(C)(=O)=O)cc1. The summed E-state index contributed by atoms with van der Waals surface area (Å²) in [7, 11) is -3.19. The Balaban J connectivity index is 2.92. The first-order chi connectivity index (χ1) is 7.86. The third-order valence-corrected chi connectivity index (χ3v) is 3.58. The van der Waals surface area contributed by atoms with Crippen LogP contribution in [-0.2, 0) is 19.4 Å². The van der Waals surface area contributed by atoms with Crippen molar-refractivity contribution >= 4 is 15.8 Å². The molecule has 1 aromatic rings. The van der Waals surface area contributed by atoms with Gasteiger partial charge >= 0.3 is 5.97 Å². The van der Waals surface area contributed by atoms with Gasteiger partial charge in [0, 0.05) is 6.26 Å². The normalized spacial score (nSPS) is 13.1. The van der Waals surface area contributed by atoms with Gasteiger partial charge in [0.05, 0.1) is 17.4 Å². The summed E-state index contributed by atoms with van der Waals surface area (Å²) < 4.78 is 27.4. The Hall–Kier alpha value is -1.36. The van der Waals surface area contributed by atoms with Gasteiger partial charge in [0.15, 0.2) is 9.84 Å². The molecule has 0 aromatic heterocycles. The van der Waals surface area contributed by atoms with Crippen LogP contribution in [0.25, 0.3) is 0 Å². The first-order valence-corrected chi connectivity index (χ1v) is 7.22. The Morgan fingerprint density at radius 1 is 1.29 bits per heavy atom. The minimum Gasteiger partial charge on any atom is -0.466 e. The predicted octanol–water partition coefficient (Wildman–Crippen LogP) is 1.76. The van der Waals surface area contributed by atoms with Crippen LogP contribution in [0.2, 0.25) is 0 Å². The lowest BCUT2D eigenvalue weighted by molar-refractivity contribution is -0.144. The standard InChI is InChI=1S/C12H16O4S/c1-4-16-12(13)9(2)10-5-7-11(8-6-10)17(3,14)15/h5-9H,4H2,1-3H3. The summed E-state index contributed by atoms with van der Waals surface area (Å²) in [5.41, 5.74) is 0.746. The fourth-order valence-electron chi connectivity index (χ4n) is 1.41. The van der Waals surface area contributed by atoms with E-state index >= 15 is 0 Å². The van der Waals surface area contributed by atoms with Crippen molar-refractivity contribution in [3.05, 3.63) is 29.8 Å². The summed E-state index contributed by atoms with van der Waals surface area (Å²) in [6, 6.07) is 6.27. The maximum Gasteiger partial charge on any atom is 0.313 e. The first-order valence-electron chi connectivity index (χ1n) is 5.33. The molecule has 94 valence electrons. The van der Waals surface area contributed by atoms with E-state index in [-0.39, 0.29) is 16.8 Å². The van der Waals surface area contributed by atoms with Crippen molar-refractivity contribution in [1.29, 1.82) is 0 Å². The molecule has 17 heavy (non-hydrogen) atoms. The second-order valence-electron chi connectivity index (χ2n) is 3.81. The van der Waals surface area contributed by atoms with Crippen molar-refractivity contribution in [2.75, 3.05) is 12.9 Å². The highest BCUT2D eigenvalue weighted by atomic mass is 32.2. The van der Waals surface area contributed by atoms with Crippen molar-refractivity contribution in [3.8, 4) is 0 Å². The Morgan fingerprint density at radius 2 is 1.82 bits per heavy atom. The zero-order chi connectivity index (χ0) is 13.1. The highest BCUT2D eigenvalue weighted by molar-refractivity contribution is 7.90. The van der Waals surface area contributed by atoms with Crippen molar-refractivity contribution < 1.29 is 17.9 Å². The number of rotatable bonds is 4.